The average Bonchev–Trinajstić information content (AvgIpc) is 2.26. The standard InChI is InChI=1S/C14H14NO2/c1-14(2,3)17-13(16)11-6-7-12-10(9-11)5-4-8-15-12/h5-9H,1-3H3. The van der Waals surface area contributed by atoms with Gasteiger partial charge in [0.05, 0.1) is 11.1 Å². The molecule has 3 nitrogen and oxygen atoms in total. The van der Waals surface area contributed by atoms with Crippen molar-refractivity contribution in [3.63, 3.8) is 0 Å². The second-order valence-corrected chi connectivity index (χ2v) is 4.84. The molecule has 0 N–H and O–H groups in total. The maximum Gasteiger partial charge on any atom is 0.338 e. The summed E-state index contributed by atoms with van der Waals surface area (Å²) in [6.45, 7) is 5.55. The molecule has 1 radical (unpaired) electrons. The van der Waals surface area contributed by atoms with Crippen molar-refractivity contribution in [2.24, 2.45) is 0 Å². The second-order valence-electron chi connectivity index (χ2n) is 4.84. The fourth-order valence-electron chi connectivity index (χ4n) is 1.49. The summed E-state index contributed by atoms with van der Waals surface area (Å²) >= 11 is 0. The van der Waals surface area contributed by atoms with E-state index in [1.165, 1.54) is 0 Å². The van der Waals surface area contributed by atoms with Crippen LogP contribution in [0.2, 0.25) is 0 Å². The highest BCUT2D eigenvalue weighted by atomic mass is 16.6. The molecule has 0 aliphatic heterocycles. The topological polar surface area (TPSA) is 39.2 Å². The van der Waals surface area contributed by atoms with E-state index in [0.717, 1.165) is 10.9 Å². The summed E-state index contributed by atoms with van der Waals surface area (Å²) in [7, 11) is 0. The SMILES string of the molecule is CC(C)(C)OC(=O)c1ccc2nc[c]cc2c1. The Bertz CT molecular complexity index is 555. The van der Waals surface area contributed by atoms with Gasteiger partial charge in [-0.3, -0.25) is 4.98 Å². The van der Waals surface area contributed by atoms with Crippen LogP contribution in [0.25, 0.3) is 10.9 Å². The van der Waals surface area contributed by atoms with E-state index >= 15 is 0 Å². The number of fused-ring (bicyclic) bond motifs is 1. The quantitative estimate of drug-likeness (QED) is 0.704. The molecular weight excluding hydrogens is 214 g/mol. The molecule has 17 heavy (non-hydrogen) atoms. The van der Waals surface area contributed by atoms with E-state index in [-0.39, 0.29) is 5.97 Å². The van der Waals surface area contributed by atoms with Crippen LogP contribution in [0, 0.1) is 6.07 Å². The molecule has 0 aliphatic carbocycles. The van der Waals surface area contributed by atoms with Crippen molar-refractivity contribution >= 4 is 16.9 Å². The molecule has 0 spiro atoms. The van der Waals surface area contributed by atoms with E-state index in [4.69, 9.17) is 4.74 Å². The molecule has 0 atom stereocenters. The minimum absolute atomic E-state index is 0.316. The molecule has 0 saturated heterocycles. The van der Waals surface area contributed by atoms with Crippen LogP contribution in [0.1, 0.15) is 31.1 Å². The third-order valence-electron chi connectivity index (χ3n) is 2.18. The number of esters is 1. The van der Waals surface area contributed by atoms with Gasteiger partial charge in [0.25, 0.3) is 0 Å². The van der Waals surface area contributed by atoms with E-state index < -0.39 is 5.60 Å². The first-order valence-corrected chi connectivity index (χ1v) is 5.45. The Morgan fingerprint density at radius 3 is 2.82 bits per heavy atom. The first-order chi connectivity index (χ1) is 7.96. The zero-order valence-electron chi connectivity index (χ0n) is 10.2. The molecule has 0 fully saturated rings. The molecular formula is C14H14NO2. The molecule has 87 valence electrons. The third kappa shape index (κ3) is 2.81. The van der Waals surface area contributed by atoms with E-state index in [1.54, 1.807) is 24.4 Å². The minimum Gasteiger partial charge on any atom is -0.456 e. The van der Waals surface area contributed by atoms with Gasteiger partial charge < -0.3 is 4.74 Å². The predicted octanol–water partition coefficient (Wildman–Crippen LogP) is 2.99. The highest BCUT2D eigenvalue weighted by Crippen LogP contribution is 2.16. The van der Waals surface area contributed by atoms with Gasteiger partial charge in [-0.2, -0.15) is 0 Å². The number of aromatic nitrogens is 1. The summed E-state index contributed by atoms with van der Waals surface area (Å²) < 4.78 is 5.30. The fourth-order valence-corrected chi connectivity index (χ4v) is 1.49. The van der Waals surface area contributed by atoms with Crippen LogP contribution >= 0.6 is 0 Å². The van der Waals surface area contributed by atoms with Crippen molar-refractivity contribution in [3.05, 3.63) is 42.1 Å². The molecule has 0 saturated carbocycles. The van der Waals surface area contributed by atoms with E-state index in [9.17, 15) is 4.79 Å². The Kier molecular flexibility index (Phi) is 2.84. The molecule has 2 rings (SSSR count). The normalized spacial score (nSPS) is 11.5. The number of carbonyl (C=O) groups excluding carboxylic acids is 1. The van der Waals surface area contributed by atoms with E-state index in [0.29, 0.717) is 5.56 Å². The maximum atomic E-state index is 11.9. The van der Waals surface area contributed by atoms with Crippen LogP contribution in [0.5, 0.6) is 0 Å². The van der Waals surface area contributed by atoms with Crippen LogP contribution in [-0.4, -0.2) is 16.6 Å². The largest absolute Gasteiger partial charge is 0.456 e. The number of ether oxygens (including phenoxy) is 1. The highest BCUT2D eigenvalue weighted by Gasteiger charge is 2.17. The van der Waals surface area contributed by atoms with E-state index in [1.807, 2.05) is 26.8 Å². The lowest BCUT2D eigenvalue weighted by molar-refractivity contribution is 0.00697. The van der Waals surface area contributed by atoms with Crippen molar-refractivity contribution in [2.45, 2.75) is 26.4 Å². The maximum absolute atomic E-state index is 11.9. The molecule has 0 aliphatic rings. The lowest BCUT2D eigenvalue weighted by Crippen LogP contribution is -2.23. The van der Waals surface area contributed by atoms with Gasteiger partial charge in [0.15, 0.2) is 0 Å². The summed E-state index contributed by atoms with van der Waals surface area (Å²) in [6, 6.07) is 9.99. The Balaban J connectivity index is 2.33. The highest BCUT2D eigenvalue weighted by molar-refractivity contribution is 5.94. The number of nitrogens with zero attached hydrogens (tertiary/aromatic N) is 1. The van der Waals surface area contributed by atoms with Crippen molar-refractivity contribution in [3.8, 4) is 0 Å². The zero-order valence-corrected chi connectivity index (χ0v) is 10.2. The number of pyridine rings is 1. The Morgan fingerprint density at radius 1 is 1.35 bits per heavy atom. The summed E-state index contributed by atoms with van der Waals surface area (Å²) in [5.41, 5.74) is 0.900. The fraction of sp³-hybridized carbons (Fsp3) is 0.286. The minimum atomic E-state index is -0.479. The van der Waals surface area contributed by atoms with E-state index in [2.05, 4.69) is 11.1 Å². The molecule has 1 aromatic carbocycles. The van der Waals surface area contributed by atoms with Crippen LogP contribution in [0.15, 0.2) is 30.5 Å². The molecule has 3 heteroatoms. The van der Waals surface area contributed by atoms with Crippen molar-refractivity contribution in [2.75, 3.05) is 0 Å². The van der Waals surface area contributed by atoms with Crippen molar-refractivity contribution in [1.29, 1.82) is 0 Å². The number of hydrogen-bond acceptors (Lipinski definition) is 3. The van der Waals surface area contributed by atoms with Gasteiger partial charge in [-0.1, -0.05) is 0 Å². The predicted molar refractivity (Wildman–Crippen MR) is 65.7 cm³/mol. The van der Waals surface area contributed by atoms with Crippen LogP contribution in [0.4, 0.5) is 0 Å². The van der Waals surface area contributed by atoms with Gasteiger partial charge in [0, 0.05) is 17.6 Å². The monoisotopic (exact) mass is 228 g/mol. The van der Waals surface area contributed by atoms with Crippen LogP contribution < -0.4 is 0 Å². The molecule has 0 unspecified atom stereocenters. The first kappa shape index (κ1) is 11.6. The lowest BCUT2D eigenvalue weighted by Gasteiger charge is -2.19. The smallest absolute Gasteiger partial charge is 0.338 e. The van der Waals surface area contributed by atoms with Gasteiger partial charge in [0.2, 0.25) is 0 Å². The summed E-state index contributed by atoms with van der Waals surface area (Å²) in [5, 5.41) is 0.885. The number of carbonyl (C=O) groups is 1. The van der Waals surface area contributed by atoms with Crippen LogP contribution in [0.3, 0.4) is 0 Å². The number of rotatable bonds is 1. The summed E-state index contributed by atoms with van der Waals surface area (Å²) in [4.78, 5) is 16.0. The third-order valence-corrected chi connectivity index (χ3v) is 2.18. The Morgan fingerprint density at radius 2 is 2.12 bits per heavy atom. The molecule has 1 aromatic heterocycles. The molecule has 2 aromatic rings. The lowest BCUT2D eigenvalue weighted by atomic mass is 10.1. The van der Waals surface area contributed by atoms with Gasteiger partial charge in [-0.25, -0.2) is 4.79 Å². The number of benzene rings is 1. The molecule has 1 heterocycles. The first-order valence-electron chi connectivity index (χ1n) is 5.45. The van der Waals surface area contributed by atoms with Gasteiger partial charge in [-0.05, 0) is 45.0 Å². The second kappa shape index (κ2) is 4.17. The Hall–Kier alpha value is -1.90. The molecule has 0 bridgehead atoms. The van der Waals surface area contributed by atoms with Gasteiger partial charge in [-0.15, -0.1) is 0 Å². The van der Waals surface area contributed by atoms with Crippen molar-refractivity contribution in [1.82, 2.24) is 4.98 Å². The number of hydrogen-bond donors (Lipinski definition) is 0. The zero-order chi connectivity index (χ0) is 12.5. The van der Waals surface area contributed by atoms with Gasteiger partial charge in [0.1, 0.15) is 5.60 Å². The Labute approximate surface area is 100 Å². The van der Waals surface area contributed by atoms with Crippen LogP contribution in [-0.2, 0) is 4.74 Å². The molecule has 0 amide bonds. The average molecular weight is 228 g/mol. The van der Waals surface area contributed by atoms with Gasteiger partial charge >= 0.3 is 5.97 Å². The summed E-state index contributed by atoms with van der Waals surface area (Å²) in [6.07, 6.45) is 1.61. The summed E-state index contributed by atoms with van der Waals surface area (Å²) in [5.74, 6) is -0.316. The van der Waals surface area contributed by atoms with Crippen molar-refractivity contribution < 1.29 is 9.53 Å².